The van der Waals surface area contributed by atoms with E-state index in [-0.39, 0.29) is 36.7 Å². The Kier molecular flexibility index (Phi) is 6.79. The molecule has 0 aromatic heterocycles. The predicted molar refractivity (Wildman–Crippen MR) is 135 cm³/mol. The van der Waals surface area contributed by atoms with Gasteiger partial charge in [0.1, 0.15) is 12.5 Å². The number of likely N-dealkylation sites (N-methyl/N-ethyl adjacent to an activating group) is 1. The molecule has 0 aliphatic carbocycles. The molecule has 1 amide bonds. The largest absolute Gasteiger partial charge is 0.363 e. The van der Waals surface area contributed by atoms with Gasteiger partial charge in [-0.3, -0.25) is 25.8 Å². The zero-order valence-electron chi connectivity index (χ0n) is 20.7. The van der Waals surface area contributed by atoms with Crippen molar-refractivity contribution in [2.75, 3.05) is 38.6 Å². The van der Waals surface area contributed by atoms with Gasteiger partial charge in [0.15, 0.2) is 0 Å². The molecule has 5 aliphatic heterocycles. The van der Waals surface area contributed by atoms with Gasteiger partial charge in [0.2, 0.25) is 5.91 Å². The van der Waals surface area contributed by atoms with E-state index in [9.17, 15) is 4.79 Å². The second kappa shape index (κ2) is 10.2. The van der Waals surface area contributed by atoms with Crippen molar-refractivity contribution in [3.05, 3.63) is 41.5 Å². The number of hydrazine groups is 1. The molecule has 5 unspecified atom stereocenters. The number of nitrogens with zero attached hydrogens (tertiary/aromatic N) is 3. The average molecular weight is 482 g/mol. The van der Waals surface area contributed by atoms with E-state index in [2.05, 4.69) is 68.6 Å². The van der Waals surface area contributed by atoms with Gasteiger partial charge in [0.05, 0.1) is 24.8 Å². The minimum atomic E-state index is -0.117. The van der Waals surface area contributed by atoms with E-state index in [0.29, 0.717) is 13.1 Å². The minimum Gasteiger partial charge on any atom is -0.363 e. The number of rotatable bonds is 2. The van der Waals surface area contributed by atoms with Crippen molar-refractivity contribution in [1.82, 2.24) is 30.9 Å². The van der Waals surface area contributed by atoms with Crippen LogP contribution in [0.15, 0.2) is 30.4 Å². The lowest BCUT2D eigenvalue weighted by Crippen LogP contribution is -2.68. The molecule has 0 spiro atoms. The SMILES string of the molecule is CN1CCc2cc(NC3NCC4C(=O)N5C/C=C\CCCOC6CCCC(N6)N5C4N3)ccc2C1. The monoisotopic (exact) mass is 481 g/mol. The number of nitrogens with one attached hydrogen (secondary N) is 4. The van der Waals surface area contributed by atoms with Crippen LogP contribution in [0.4, 0.5) is 5.69 Å². The number of anilines is 1. The molecule has 1 aromatic carbocycles. The Morgan fingerprint density at radius 3 is 3.00 bits per heavy atom. The molecule has 0 radical (unpaired) electrons. The average Bonchev–Trinajstić information content (AvgIpc) is 3.14. The molecule has 190 valence electrons. The number of carbonyl (C=O) groups is 1. The molecule has 6 rings (SSSR count). The van der Waals surface area contributed by atoms with Crippen LogP contribution in [0.5, 0.6) is 0 Å². The number of allylic oxidation sites excluding steroid dienone is 1. The van der Waals surface area contributed by atoms with Gasteiger partial charge in [-0.15, -0.1) is 0 Å². The van der Waals surface area contributed by atoms with E-state index < -0.39 is 0 Å². The zero-order valence-corrected chi connectivity index (χ0v) is 20.7. The van der Waals surface area contributed by atoms with E-state index in [4.69, 9.17) is 4.74 Å². The van der Waals surface area contributed by atoms with Gasteiger partial charge in [-0.05, 0) is 68.8 Å². The summed E-state index contributed by atoms with van der Waals surface area (Å²) in [6, 6.07) is 6.70. The molecule has 9 nitrogen and oxygen atoms in total. The van der Waals surface area contributed by atoms with Gasteiger partial charge in [0, 0.05) is 31.9 Å². The standard InChI is InChI=1S/C26H39N7O2/c1-31-13-11-18-15-20(10-9-19(18)17-31)28-26-27-16-21-24(30-26)33-22-7-6-8-23(29-22)35-14-5-3-2-4-12-32(33)25(21)34/h2,4,9-10,15,21-24,26-30H,3,5-8,11-14,16-17H2,1H3/b4-2-. The first-order valence-electron chi connectivity index (χ1n) is 13.3. The summed E-state index contributed by atoms with van der Waals surface area (Å²) in [6.07, 6.45) is 10.5. The smallest absolute Gasteiger partial charge is 0.244 e. The number of fused-ring (bicyclic) bond motifs is 7. The van der Waals surface area contributed by atoms with Crippen molar-refractivity contribution in [2.24, 2.45) is 5.92 Å². The second-order valence-corrected chi connectivity index (χ2v) is 10.6. The zero-order chi connectivity index (χ0) is 23.8. The summed E-state index contributed by atoms with van der Waals surface area (Å²) in [5.74, 6) is 0.0756. The summed E-state index contributed by atoms with van der Waals surface area (Å²) in [5.41, 5.74) is 3.95. The minimum absolute atomic E-state index is 0.0540. The molecule has 0 saturated carbocycles. The lowest BCUT2D eigenvalue weighted by Gasteiger charge is -2.45. The second-order valence-electron chi connectivity index (χ2n) is 10.6. The van der Waals surface area contributed by atoms with E-state index >= 15 is 0 Å². The van der Waals surface area contributed by atoms with Crippen LogP contribution in [0.3, 0.4) is 0 Å². The van der Waals surface area contributed by atoms with Crippen LogP contribution in [0.25, 0.3) is 0 Å². The lowest BCUT2D eigenvalue weighted by atomic mass is 9.99. The first kappa shape index (κ1) is 23.4. The fourth-order valence-corrected chi connectivity index (χ4v) is 6.17. The van der Waals surface area contributed by atoms with Crippen molar-refractivity contribution in [2.45, 2.75) is 69.9 Å². The summed E-state index contributed by atoms with van der Waals surface area (Å²) >= 11 is 0. The van der Waals surface area contributed by atoms with Crippen LogP contribution in [-0.4, -0.2) is 79.0 Å². The maximum atomic E-state index is 13.5. The molecule has 5 aliphatic rings. The molecule has 9 heteroatoms. The Hall–Kier alpha value is -2.01. The van der Waals surface area contributed by atoms with Crippen LogP contribution in [0.2, 0.25) is 0 Å². The first-order chi connectivity index (χ1) is 17.2. The Balaban J connectivity index is 1.20. The fraction of sp³-hybridized carbons (Fsp3) is 0.654. The van der Waals surface area contributed by atoms with Gasteiger partial charge >= 0.3 is 0 Å². The van der Waals surface area contributed by atoms with Crippen molar-refractivity contribution in [3.8, 4) is 0 Å². The van der Waals surface area contributed by atoms with Gasteiger partial charge in [-0.2, -0.15) is 5.01 Å². The normalized spacial score (nSPS) is 35.3. The molecular formula is C26H39N7O2. The maximum absolute atomic E-state index is 13.5. The topological polar surface area (TPSA) is 84.1 Å². The Morgan fingerprint density at radius 2 is 2.06 bits per heavy atom. The number of benzene rings is 1. The molecule has 5 heterocycles. The molecule has 35 heavy (non-hydrogen) atoms. The van der Waals surface area contributed by atoms with Crippen LogP contribution in [-0.2, 0) is 22.5 Å². The first-order valence-corrected chi connectivity index (χ1v) is 13.3. The van der Waals surface area contributed by atoms with Crippen molar-refractivity contribution in [1.29, 1.82) is 0 Å². The molecular weight excluding hydrogens is 442 g/mol. The number of ether oxygens (including phenoxy) is 1. The third-order valence-electron chi connectivity index (χ3n) is 8.04. The molecule has 3 fully saturated rings. The highest BCUT2D eigenvalue weighted by molar-refractivity contribution is 5.82. The number of hydrogen-bond acceptors (Lipinski definition) is 8. The Bertz CT molecular complexity index is 956. The van der Waals surface area contributed by atoms with E-state index in [0.717, 1.165) is 63.9 Å². The quantitative estimate of drug-likeness (QED) is 0.472. The highest BCUT2D eigenvalue weighted by Crippen LogP contribution is 2.32. The molecule has 4 N–H and O–H groups in total. The molecule has 1 aromatic rings. The van der Waals surface area contributed by atoms with Gasteiger partial charge < -0.3 is 15.0 Å². The van der Waals surface area contributed by atoms with Crippen LogP contribution in [0, 0.1) is 5.92 Å². The lowest BCUT2D eigenvalue weighted by molar-refractivity contribution is -0.149. The number of piperidine rings is 1. The summed E-state index contributed by atoms with van der Waals surface area (Å²) < 4.78 is 6.13. The number of carbonyl (C=O) groups excluding carboxylic acids is 1. The third-order valence-corrected chi connectivity index (χ3v) is 8.04. The molecule has 5 atom stereocenters. The summed E-state index contributed by atoms with van der Waals surface area (Å²) in [5, 5.41) is 18.8. The molecule has 2 bridgehead atoms. The highest BCUT2D eigenvalue weighted by Gasteiger charge is 2.52. The predicted octanol–water partition coefficient (Wildman–Crippen LogP) is 1.36. The van der Waals surface area contributed by atoms with E-state index in [1.54, 1.807) is 0 Å². The van der Waals surface area contributed by atoms with Crippen LogP contribution in [0.1, 0.15) is 43.2 Å². The van der Waals surface area contributed by atoms with Crippen LogP contribution < -0.4 is 21.3 Å². The number of amides is 1. The van der Waals surface area contributed by atoms with Gasteiger partial charge in [-0.25, -0.2) is 0 Å². The third kappa shape index (κ3) is 4.85. The Labute approximate surface area is 208 Å². The van der Waals surface area contributed by atoms with Gasteiger partial charge in [0.25, 0.3) is 0 Å². The van der Waals surface area contributed by atoms with Crippen molar-refractivity contribution >= 4 is 11.6 Å². The molecule has 3 saturated heterocycles. The van der Waals surface area contributed by atoms with Gasteiger partial charge in [-0.1, -0.05) is 18.2 Å². The highest BCUT2D eigenvalue weighted by atomic mass is 16.5. The van der Waals surface area contributed by atoms with Crippen molar-refractivity contribution in [3.63, 3.8) is 0 Å². The van der Waals surface area contributed by atoms with E-state index in [1.807, 2.05) is 5.01 Å². The Morgan fingerprint density at radius 1 is 1.11 bits per heavy atom. The summed E-state index contributed by atoms with van der Waals surface area (Å²) in [7, 11) is 2.18. The maximum Gasteiger partial charge on any atom is 0.244 e. The van der Waals surface area contributed by atoms with Crippen molar-refractivity contribution < 1.29 is 9.53 Å². The van der Waals surface area contributed by atoms with Crippen LogP contribution >= 0.6 is 0 Å². The fourth-order valence-electron chi connectivity index (χ4n) is 6.17. The number of hydrogen-bond donors (Lipinski definition) is 4. The summed E-state index contributed by atoms with van der Waals surface area (Å²) in [4.78, 5) is 15.9. The van der Waals surface area contributed by atoms with E-state index in [1.165, 1.54) is 11.1 Å². The summed E-state index contributed by atoms with van der Waals surface area (Å²) in [6.45, 7) is 4.15.